The molecule has 1 saturated carbocycles. The molecule has 1 atom stereocenters. The topological polar surface area (TPSA) is 49.4 Å². The Labute approximate surface area is 211 Å². The normalized spacial score (nSPS) is 14.8. The summed E-state index contributed by atoms with van der Waals surface area (Å²) >= 11 is 13.9. The largest absolute Gasteiger partial charge is 0.352 e. The lowest BCUT2D eigenvalue weighted by molar-refractivity contribution is -0.139. The summed E-state index contributed by atoms with van der Waals surface area (Å²) in [6.45, 7) is 4.33. The lowest BCUT2D eigenvalue weighted by atomic mass is 10.1. The van der Waals surface area contributed by atoms with Crippen molar-refractivity contribution in [3.05, 3.63) is 69.2 Å². The third-order valence-corrected chi connectivity index (χ3v) is 7.73. The van der Waals surface area contributed by atoms with E-state index in [0.29, 0.717) is 28.8 Å². The fraction of sp³-hybridized carbons (Fsp3) is 0.462. The van der Waals surface area contributed by atoms with Crippen molar-refractivity contribution >= 4 is 46.8 Å². The molecule has 1 fully saturated rings. The molecule has 1 aliphatic rings. The summed E-state index contributed by atoms with van der Waals surface area (Å²) in [5.41, 5.74) is 3.25. The van der Waals surface area contributed by atoms with Crippen LogP contribution in [0.5, 0.6) is 0 Å². The van der Waals surface area contributed by atoms with Crippen LogP contribution in [0.2, 0.25) is 10.0 Å². The van der Waals surface area contributed by atoms with Crippen LogP contribution in [0.15, 0.2) is 42.5 Å². The Morgan fingerprint density at radius 3 is 2.52 bits per heavy atom. The van der Waals surface area contributed by atoms with Gasteiger partial charge in [-0.3, -0.25) is 9.59 Å². The summed E-state index contributed by atoms with van der Waals surface area (Å²) in [5, 5.41) is 4.09. The van der Waals surface area contributed by atoms with Crippen LogP contribution in [-0.4, -0.2) is 34.6 Å². The van der Waals surface area contributed by atoms with E-state index in [9.17, 15) is 9.59 Å². The molecular formula is C26H32Cl2N2O2S. The molecule has 1 aliphatic carbocycles. The number of halogens is 2. The molecule has 0 heterocycles. The number of rotatable bonds is 10. The molecule has 4 nitrogen and oxygen atoms in total. The number of nitrogens with zero attached hydrogens (tertiary/aromatic N) is 1. The fourth-order valence-corrected chi connectivity index (χ4v) is 5.44. The van der Waals surface area contributed by atoms with E-state index in [1.54, 1.807) is 28.8 Å². The minimum Gasteiger partial charge on any atom is -0.352 e. The van der Waals surface area contributed by atoms with Gasteiger partial charge in [0.25, 0.3) is 0 Å². The maximum absolute atomic E-state index is 13.4. The van der Waals surface area contributed by atoms with E-state index in [4.69, 9.17) is 23.2 Å². The van der Waals surface area contributed by atoms with Crippen LogP contribution in [0.1, 0.15) is 55.7 Å². The minimum atomic E-state index is -0.521. The van der Waals surface area contributed by atoms with Gasteiger partial charge < -0.3 is 10.2 Å². The van der Waals surface area contributed by atoms with Gasteiger partial charge in [-0.2, -0.15) is 0 Å². The zero-order valence-corrected chi connectivity index (χ0v) is 21.6. The predicted octanol–water partition coefficient (Wildman–Crippen LogP) is 6.40. The van der Waals surface area contributed by atoms with Crippen molar-refractivity contribution < 1.29 is 9.59 Å². The van der Waals surface area contributed by atoms with Gasteiger partial charge in [0.05, 0.1) is 15.8 Å². The van der Waals surface area contributed by atoms with Gasteiger partial charge in [0.1, 0.15) is 6.04 Å². The Hall–Kier alpha value is -1.69. The molecule has 0 aliphatic heterocycles. The van der Waals surface area contributed by atoms with Gasteiger partial charge >= 0.3 is 0 Å². The Kier molecular flexibility index (Phi) is 9.96. The van der Waals surface area contributed by atoms with E-state index in [1.807, 2.05) is 19.1 Å². The second-order valence-electron chi connectivity index (χ2n) is 8.67. The number of carbonyl (C=O) groups excluding carboxylic acids is 2. The number of hydrogen-bond donors (Lipinski definition) is 1. The minimum absolute atomic E-state index is 0.0489. The van der Waals surface area contributed by atoms with Crippen LogP contribution in [0.4, 0.5) is 0 Å². The van der Waals surface area contributed by atoms with Gasteiger partial charge in [0.15, 0.2) is 0 Å². The molecule has 0 bridgehead atoms. The Morgan fingerprint density at radius 2 is 1.85 bits per heavy atom. The van der Waals surface area contributed by atoms with Crippen molar-refractivity contribution in [3.8, 4) is 0 Å². The van der Waals surface area contributed by atoms with Crippen LogP contribution in [0.3, 0.4) is 0 Å². The summed E-state index contributed by atoms with van der Waals surface area (Å²) in [6, 6.07) is 13.3. The molecule has 2 aromatic carbocycles. The van der Waals surface area contributed by atoms with Crippen LogP contribution in [0.25, 0.3) is 0 Å². The van der Waals surface area contributed by atoms with Crippen LogP contribution in [0, 0.1) is 6.92 Å². The molecule has 2 amide bonds. The van der Waals surface area contributed by atoms with E-state index in [1.165, 1.54) is 11.1 Å². The summed E-state index contributed by atoms with van der Waals surface area (Å²) in [7, 11) is 0. The number of nitrogens with one attached hydrogen (secondary N) is 1. The second-order valence-corrected chi connectivity index (χ2v) is 10.5. The SMILES string of the molecule is CCC(C(=O)NC1CCCC1)N(Cc1ccc(Cl)c(Cl)c1)C(=O)CSCc1cccc(C)c1. The van der Waals surface area contributed by atoms with Crippen molar-refractivity contribution in [2.75, 3.05) is 5.75 Å². The van der Waals surface area contributed by atoms with Crippen LogP contribution < -0.4 is 5.32 Å². The second kappa shape index (κ2) is 12.7. The van der Waals surface area contributed by atoms with Crippen LogP contribution in [-0.2, 0) is 21.9 Å². The molecule has 7 heteroatoms. The number of aryl methyl sites for hydroxylation is 1. The standard InChI is InChI=1S/C26H32Cl2N2O2S/c1-3-24(26(32)29-21-9-4-5-10-21)30(15-19-11-12-22(27)23(28)14-19)25(31)17-33-16-20-8-6-7-18(2)13-20/h6-8,11-14,21,24H,3-5,9-10,15-17H2,1-2H3,(H,29,32). The van der Waals surface area contributed by atoms with Gasteiger partial charge in [-0.25, -0.2) is 0 Å². The first-order valence-corrected chi connectivity index (χ1v) is 13.5. The number of benzene rings is 2. The molecule has 33 heavy (non-hydrogen) atoms. The number of carbonyl (C=O) groups is 2. The Balaban J connectivity index is 1.72. The molecule has 0 aromatic heterocycles. The van der Waals surface area contributed by atoms with Gasteiger partial charge in [0.2, 0.25) is 11.8 Å². The third-order valence-electron chi connectivity index (χ3n) is 6.00. The molecule has 0 radical (unpaired) electrons. The number of thioether (sulfide) groups is 1. The average Bonchev–Trinajstić information content (AvgIpc) is 3.29. The van der Waals surface area contributed by atoms with Crippen molar-refractivity contribution in [2.24, 2.45) is 0 Å². The Bertz CT molecular complexity index is 963. The summed E-state index contributed by atoms with van der Waals surface area (Å²) < 4.78 is 0. The monoisotopic (exact) mass is 506 g/mol. The summed E-state index contributed by atoms with van der Waals surface area (Å²) in [4.78, 5) is 28.2. The first kappa shape index (κ1) is 25.9. The van der Waals surface area contributed by atoms with E-state index in [2.05, 4.69) is 30.4 Å². The summed E-state index contributed by atoms with van der Waals surface area (Å²) in [5.74, 6) is 0.940. The first-order valence-electron chi connectivity index (χ1n) is 11.5. The molecule has 2 aromatic rings. The predicted molar refractivity (Wildman–Crippen MR) is 139 cm³/mol. The van der Waals surface area contributed by atoms with Gasteiger partial charge in [-0.1, -0.05) is 78.9 Å². The van der Waals surface area contributed by atoms with E-state index < -0.39 is 6.04 Å². The van der Waals surface area contributed by atoms with Crippen molar-refractivity contribution in [3.63, 3.8) is 0 Å². The van der Waals surface area contributed by atoms with Crippen molar-refractivity contribution in [1.82, 2.24) is 10.2 Å². The lowest BCUT2D eigenvalue weighted by Gasteiger charge is -2.31. The van der Waals surface area contributed by atoms with E-state index in [-0.39, 0.29) is 17.9 Å². The Morgan fingerprint density at radius 1 is 1.09 bits per heavy atom. The number of hydrogen-bond acceptors (Lipinski definition) is 3. The van der Waals surface area contributed by atoms with Gasteiger partial charge in [0, 0.05) is 18.3 Å². The van der Waals surface area contributed by atoms with Gasteiger partial charge in [-0.15, -0.1) is 11.8 Å². The highest BCUT2D eigenvalue weighted by atomic mass is 35.5. The molecule has 178 valence electrons. The molecule has 0 spiro atoms. The number of amides is 2. The molecule has 0 saturated heterocycles. The highest BCUT2D eigenvalue weighted by molar-refractivity contribution is 7.99. The van der Waals surface area contributed by atoms with Crippen molar-refractivity contribution in [2.45, 2.75) is 70.3 Å². The fourth-order valence-electron chi connectivity index (χ4n) is 4.26. The van der Waals surface area contributed by atoms with Crippen molar-refractivity contribution in [1.29, 1.82) is 0 Å². The molecule has 1 unspecified atom stereocenters. The van der Waals surface area contributed by atoms with Gasteiger partial charge in [-0.05, 0) is 49.4 Å². The maximum atomic E-state index is 13.4. The van der Waals surface area contributed by atoms with E-state index >= 15 is 0 Å². The highest BCUT2D eigenvalue weighted by Crippen LogP contribution is 2.25. The lowest BCUT2D eigenvalue weighted by Crippen LogP contribution is -2.51. The maximum Gasteiger partial charge on any atom is 0.243 e. The average molecular weight is 508 g/mol. The molecule has 3 rings (SSSR count). The smallest absolute Gasteiger partial charge is 0.243 e. The zero-order chi connectivity index (χ0) is 23.8. The quantitative estimate of drug-likeness (QED) is 0.405. The first-order chi connectivity index (χ1) is 15.9. The molecule has 1 N–H and O–H groups in total. The zero-order valence-electron chi connectivity index (χ0n) is 19.3. The molecular weight excluding hydrogens is 475 g/mol. The van der Waals surface area contributed by atoms with Crippen LogP contribution >= 0.6 is 35.0 Å². The highest BCUT2D eigenvalue weighted by Gasteiger charge is 2.30. The summed E-state index contributed by atoms with van der Waals surface area (Å²) in [6.07, 6.45) is 4.85. The third kappa shape index (κ3) is 7.66. The van der Waals surface area contributed by atoms with E-state index in [0.717, 1.165) is 37.0 Å².